The van der Waals surface area contributed by atoms with Gasteiger partial charge in [0.1, 0.15) is 0 Å². The van der Waals surface area contributed by atoms with Gasteiger partial charge in [-0.25, -0.2) is 8.42 Å². The monoisotopic (exact) mass is 394 g/mol. The standard InChI is InChI=1S/C16H15BrN2O3S/c17-13-3-1-4-14(11-13)18-16(20)12-5-7-15(8-6-12)19-9-2-10-23(19,21)22/h1,3-8,11H,2,9-10H2,(H,18,20). The van der Waals surface area contributed by atoms with Gasteiger partial charge in [-0.1, -0.05) is 22.0 Å². The lowest BCUT2D eigenvalue weighted by atomic mass is 10.2. The molecule has 0 aromatic heterocycles. The zero-order valence-electron chi connectivity index (χ0n) is 12.2. The van der Waals surface area contributed by atoms with Gasteiger partial charge >= 0.3 is 0 Å². The van der Waals surface area contributed by atoms with Gasteiger partial charge in [-0.2, -0.15) is 0 Å². The summed E-state index contributed by atoms with van der Waals surface area (Å²) < 4.78 is 26.1. The Balaban J connectivity index is 1.75. The molecule has 5 nitrogen and oxygen atoms in total. The first kappa shape index (κ1) is 16.0. The molecule has 1 saturated heterocycles. The molecule has 0 bridgehead atoms. The van der Waals surface area contributed by atoms with E-state index >= 15 is 0 Å². The van der Waals surface area contributed by atoms with E-state index in [4.69, 9.17) is 0 Å². The maximum atomic E-state index is 12.2. The molecule has 0 unspecified atom stereocenters. The van der Waals surface area contributed by atoms with Crippen molar-refractivity contribution in [1.82, 2.24) is 0 Å². The van der Waals surface area contributed by atoms with E-state index < -0.39 is 10.0 Å². The number of nitrogens with zero attached hydrogens (tertiary/aromatic N) is 1. The fourth-order valence-corrected chi connectivity index (χ4v) is 4.44. The molecule has 1 aliphatic rings. The van der Waals surface area contributed by atoms with Crippen molar-refractivity contribution in [3.8, 4) is 0 Å². The summed E-state index contributed by atoms with van der Waals surface area (Å²) in [5, 5.41) is 2.80. The van der Waals surface area contributed by atoms with Crippen molar-refractivity contribution in [2.75, 3.05) is 21.9 Å². The van der Waals surface area contributed by atoms with Crippen LogP contribution in [0.4, 0.5) is 11.4 Å². The number of benzene rings is 2. The Morgan fingerprint density at radius 3 is 2.48 bits per heavy atom. The second-order valence-corrected chi connectivity index (χ2v) is 8.18. The van der Waals surface area contributed by atoms with Gasteiger partial charge in [-0.3, -0.25) is 9.10 Å². The molecule has 1 heterocycles. The number of hydrogen-bond acceptors (Lipinski definition) is 3. The van der Waals surface area contributed by atoms with Crippen molar-refractivity contribution in [3.05, 3.63) is 58.6 Å². The van der Waals surface area contributed by atoms with Crippen molar-refractivity contribution >= 4 is 43.2 Å². The molecule has 0 spiro atoms. The number of anilines is 2. The van der Waals surface area contributed by atoms with Crippen LogP contribution in [0.5, 0.6) is 0 Å². The highest BCUT2D eigenvalue weighted by atomic mass is 79.9. The first-order valence-electron chi connectivity index (χ1n) is 7.13. The summed E-state index contributed by atoms with van der Waals surface area (Å²) in [6.45, 7) is 0.492. The highest BCUT2D eigenvalue weighted by Crippen LogP contribution is 2.24. The van der Waals surface area contributed by atoms with Gasteiger partial charge in [0.25, 0.3) is 5.91 Å². The summed E-state index contributed by atoms with van der Waals surface area (Å²) in [6, 6.07) is 13.9. The molecule has 3 rings (SSSR count). The molecule has 1 fully saturated rings. The van der Waals surface area contributed by atoms with Gasteiger partial charge in [-0.15, -0.1) is 0 Å². The zero-order valence-corrected chi connectivity index (χ0v) is 14.6. The molecule has 0 saturated carbocycles. The summed E-state index contributed by atoms with van der Waals surface area (Å²) in [6.07, 6.45) is 0.632. The Kier molecular flexibility index (Phi) is 4.41. The predicted molar refractivity (Wildman–Crippen MR) is 94.3 cm³/mol. The molecule has 23 heavy (non-hydrogen) atoms. The number of nitrogens with one attached hydrogen (secondary N) is 1. The highest BCUT2D eigenvalue weighted by Gasteiger charge is 2.28. The summed E-state index contributed by atoms with van der Waals surface area (Å²) in [4.78, 5) is 12.2. The lowest BCUT2D eigenvalue weighted by Crippen LogP contribution is -2.25. The highest BCUT2D eigenvalue weighted by molar-refractivity contribution is 9.10. The van der Waals surface area contributed by atoms with Gasteiger partial charge < -0.3 is 5.32 Å². The molecule has 120 valence electrons. The molecular weight excluding hydrogens is 380 g/mol. The van der Waals surface area contributed by atoms with Gasteiger partial charge in [-0.05, 0) is 48.9 Å². The molecule has 0 aliphatic carbocycles. The quantitative estimate of drug-likeness (QED) is 0.868. The largest absolute Gasteiger partial charge is 0.322 e. The van der Waals surface area contributed by atoms with Crippen LogP contribution in [0, 0.1) is 0 Å². The molecule has 1 amide bonds. The molecule has 7 heteroatoms. The SMILES string of the molecule is O=C(Nc1cccc(Br)c1)c1ccc(N2CCCS2(=O)=O)cc1. The van der Waals surface area contributed by atoms with Crippen molar-refractivity contribution in [2.45, 2.75) is 6.42 Å². The van der Waals surface area contributed by atoms with E-state index in [-0.39, 0.29) is 11.7 Å². The molecule has 2 aromatic rings. The van der Waals surface area contributed by atoms with E-state index in [1.165, 1.54) is 4.31 Å². The van der Waals surface area contributed by atoms with Crippen LogP contribution in [0.15, 0.2) is 53.0 Å². The summed E-state index contributed by atoms with van der Waals surface area (Å²) >= 11 is 3.35. The smallest absolute Gasteiger partial charge is 0.255 e. The van der Waals surface area contributed by atoms with Crippen LogP contribution in [-0.4, -0.2) is 26.6 Å². The topological polar surface area (TPSA) is 66.5 Å². The van der Waals surface area contributed by atoms with Gasteiger partial charge in [0.05, 0.1) is 11.4 Å². The van der Waals surface area contributed by atoms with Crippen molar-refractivity contribution < 1.29 is 13.2 Å². The molecule has 0 radical (unpaired) electrons. The lowest BCUT2D eigenvalue weighted by molar-refractivity contribution is 0.102. The molecule has 1 N–H and O–H groups in total. The van der Waals surface area contributed by atoms with E-state index in [2.05, 4.69) is 21.2 Å². The minimum Gasteiger partial charge on any atom is -0.322 e. The van der Waals surface area contributed by atoms with Gasteiger partial charge in [0, 0.05) is 22.3 Å². The Morgan fingerprint density at radius 1 is 1.13 bits per heavy atom. The van der Waals surface area contributed by atoms with Crippen LogP contribution >= 0.6 is 15.9 Å². The van der Waals surface area contributed by atoms with E-state index in [1.54, 1.807) is 30.3 Å². The van der Waals surface area contributed by atoms with Crippen molar-refractivity contribution in [3.63, 3.8) is 0 Å². The minimum atomic E-state index is -3.20. The van der Waals surface area contributed by atoms with Crippen LogP contribution in [-0.2, 0) is 10.0 Å². The van der Waals surface area contributed by atoms with E-state index in [0.29, 0.717) is 29.9 Å². The minimum absolute atomic E-state index is 0.179. The maximum absolute atomic E-state index is 12.2. The van der Waals surface area contributed by atoms with E-state index in [9.17, 15) is 13.2 Å². The number of rotatable bonds is 3. The number of sulfonamides is 1. The second kappa shape index (κ2) is 6.33. The molecular formula is C16H15BrN2O3S. The zero-order chi connectivity index (χ0) is 16.4. The Bertz CT molecular complexity index is 835. The fraction of sp³-hybridized carbons (Fsp3) is 0.188. The number of halogens is 1. The lowest BCUT2D eigenvalue weighted by Gasteiger charge is -2.17. The molecule has 0 atom stereocenters. The summed E-state index contributed by atoms with van der Waals surface area (Å²) in [7, 11) is -3.20. The fourth-order valence-electron chi connectivity index (χ4n) is 2.48. The van der Waals surface area contributed by atoms with Gasteiger partial charge in [0.2, 0.25) is 10.0 Å². The molecule has 1 aliphatic heterocycles. The van der Waals surface area contributed by atoms with E-state index in [1.807, 2.05) is 18.2 Å². The van der Waals surface area contributed by atoms with E-state index in [0.717, 1.165) is 4.47 Å². The number of carbonyl (C=O) groups excluding carboxylic acids is 1. The third-order valence-electron chi connectivity index (χ3n) is 3.60. The average Bonchev–Trinajstić information content (AvgIpc) is 2.87. The maximum Gasteiger partial charge on any atom is 0.255 e. The Hall–Kier alpha value is -1.86. The van der Waals surface area contributed by atoms with Crippen LogP contribution in [0.1, 0.15) is 16.8 Å². The third-order valence-corrected chi connectivity index (χ3v) is 5.96. The van der Waals surface area contributed by atoms with Crippen molar-refractivity contribution in [2.24, 2.45) is 0 Å². The third kappa shape index (κ3) is 3.56. The van der Waals surface area contributed by atoms with Crippen molar-refractivity contribution in [1.29, 1.82) is 0 Å². The first-order chi connectivity index (χ1) is 11.0. The Labute approximate surface area is 143 Å². The van der Waals surface area contributed by atoms with Crippen LogP contribution in [0.2, 0.25) is 0 Å². The first-order valence-corrected chi connectivity index (χ1v) is 9.53. The van der Waals surface area contributed by atoms with Crippen LogP contribution in [0.3, 0.4) is 0 Å². The van der Waals surface area contributed by atoms with Crippen LogP contribution in [0.25, 0.3) is 0 Å². The van der Waals surface area contributed by atoms with Gasteiger partial charge in [0.15, 0.2) is 0 Å². The summed E-state index contributed by atoms with van der Waals surface area (Å²) in [5.74, 6) is -0.0584. The Morgan fingerprint density at radius 2 is 1.87 bits per heavy atom. The number of amides is 1. The number of carbonyl (C=O) groups is 1. The normalized spacial score (nSPS) is 16.3. The number of hydrogen-bond donors (Lipinski definition) is 1. The second-order valence-electron chi connectivity index (χ2n) is 5.25. The average molecular weight is 395 g/mol. The van der Waals surface area contributed by atoms with Crippen LogP contribution < -0.4 is 9.62 Å². The predicted octanol–water partition coefficient (Wildman–Crippen LogP) is 3.24. The molecule has 2 aromatic carbocycles. The summed E-state index contributed by atoms with van der Waals surface area (Å²) in [5.41, 5.74) is 1.77.